The monoisotopic (exact) mass is 403 g/mol. The zero-order valence-corrected chi connectivity index (χ0v) is 18.2. The van der Waals surface area contributed by atoms with E-state index in [-0.39, 0.29) is 6.61 Å². The number of ether oxygens (including phenoxy) is 3. The van der Waals surface area contributed by atoms with Gasteiger partial charge in [0.25, 0.3) is 0 Å². The maximum absolute atomic E-state index is 11.9. The Balaban J connectivity index is 1.97. The fraction of sp³-hybridized carbons (Fsp3) is 0.500. The molecule has 0 heterocycles. The van der Waals surface area contributed by atoms with Crippen molar-refractivity contribution < 1.29 is 18.6 Å². The topological polar surface area (TPSA) is 30.9 Å². The van der Waals surface area contributed by atoms with Crippen LogP contribution in [0.3, 0.4) is 0 Å². The van der Waals surface area contributed by atoms with Crippen molar-refractivity contribution >= 4 is 5.69 Å². The number of aryl methyl sites for hydroxylation is 2. The molecule has 160 valence electrons. The Hall–Kier alpha value is -2.11. The van der Waals surface area contributed by atoms with Crippen LogP contribution in [0.4, 0.5) is 10.1 Å². The molecular formula is C24H34FNO3. The van der Waals surface area contributed by atoms with Gasteiger partial charge in [-0.1, -0.05) is 25.5 Å². The summed E-state index contributed by atoms with van der Waals surface area (Å²) < 4.78 is 28.1. The van der Waals surface area contributed by atoms with E-state index in [0.717, 1.165) is 18.6 Å². The number of rotatable bonds is 13. The largest absolute Gasteiger partial charge is 0.491 e. The number of hydrogen-bond donors (Lipinski definition) is 0. The molecule has 0 radical (unpaired) electrons. The van der Waals surface area contributed by atoms with Crippen molar-refractivity contribution in [2.45, 2.75) is 26.7 Å². The Morgan fingerprint density at radius 3 is 2.21 bits per heavy atom. The Morgan fingerprint density at radius 2 is 1.55 bits per heavy atom. The van der Waals surface area contributed by atoms with Crippen LogP contribution in [0.1, 0.15) is 24.5 Å². The molecule has 2 aromatic carbocycles. The van der Waals surface area contributed by atoms with Gasteiger partial charge in [0.1, 0.15) is 19.0 Å². The van der Waals surface area contributed by atoms with Crippen molar-refractivity contribution in [2.24, 2.45) is 0 Å². The summed E-state index contributed by atoms with van der Waals surface area (Å²) in [6.45, 7) is 5.81. The van der Waals surface area contributed by atoms with Crippen LogP contribution in [0, 0.1) is 6.92 Å². The summed E-state index contributed by atoms with van der Waals surface area (Å²) in [6, 6.07) is 12.9. The molecule has 0 fully saturated rings. The molecule has 2 rings (SSSR count). The normalized spacial score (nSPS) is 10.9. The van der Waals surface area contributed by atoms with Gasteiger partial charge in [0, 0.05) is 19.8 Å². The summed E-state index contributed by atoms with van der Waals surface area (Å²) in [6.07, 6.45) is 2.17. The van der Waals surface area contributed by atoms with E-state index in [2.05, 4.69) is 63.2 Å². The highest BCUT2D eigenvalue weighted by atomic mass is 19.1. The third-order valence-electron chi connectivity index (χ3n) is 4.70. The summed E-state index contributed by atoms with van der Waals surface area (Å²) in [5.74, 6) is 0.838. The first-order valence-corrected chi connectivity index (χ1v) is 10.3. The van der Waals surface area contributed by atoms with Crippen LogP contribution >= 0.6 is 0 Å². The fourth-order valence-corrected chi connectivity index (χ4v) is 3.22. The molecule has 0 aliphatic rings. The number of anilines is 1. The van der Waals surface area contributed by atoms with E-state index in [0.29, 0.717) is 26.4 Å². The van der Waals surface area contributed by atoms with Crippen LogP contribution in [-0.4, -0.2) is 53.8 Å². The molecule has 0 saturated heterocycles. The van der Waals surface area contributed by atoms with Crippen LogP contribution in [0.5, 0.6) is 5.75 Å². The second kappa shape index (κ2) is 12.5. The van der Waals surface area contributed by atoms with Gasteiger partial charge < -0.3 is 19.1 Å². The van der Waals surface area contributed by atoms with Crippen LogP contribution in [0.15, 0.2) is 36.4 Å². The van der Waals surface area contributed by atoms with Crippen LogP contribution in [-0.2, 0) is 15.9 Å². The van der Waals surface area contributed by atoms with Crippen LogP contribution in [0.25, 0.3) is 11.1 Å². The minimum atomic E-state index is -0.460. The summed E-state index contributed by atoms with van der Waals surface area (Å²) in [7, 11) is 4.14. The second-order valence-corrected chi connectivity index (χ2v) is 7.22. The average molecular weight is 404 g/mol. The minimum Gasteiger partial charge on any atom is -0.491 e. The zero-order valence-electron chi connectivity index (χ0n) is 18.2. The van der Waals surface area contributed by atoms with Gasteiger partial charge in [-0.05, 0) is 59.9 Å². The van der Waals surface area contributed by atoms with E-state index in [1.54, 1.807) is 0 Å². The van der Waals surface area contributed by atoms with Crippen LogP contribution < -0.4 is 9.64 Å². The Morgan fingerprint density at radius 1 is 0.862 bits per heavy atom. The maximum Gasteiger partial charge on any atom is 0.119 e. The number of halogens is 1. The number of nitrogens with zero attached hydrogens (tertiary/aromatic N) is 1. The van der Waals surface area contributed by atoms with Gasteiger partial charge in [0.05, 0.1) is 26.4 Å². The van der Waals surface area contributed by atoms with E-state index in [9.17, 15) is 4.39 Å². The van der Waals surface area contributed by atoms with Gasteiger partial charge in [-0.3, -0.25) is 0 Å². The molecule has 29 heavy (non-hydrogen) atoms. The molecule has 0 bridgehead atoms. The first-order valence-electron chi connectivity index (χ1n) is 10.3. The van der Waals surface area contributed by atoms with Gasteiger partial charge in [0.15, 0.2) is 0 Å². The Kier molecular flexibility index (Phi) is 9.95. The number of benzene rings is 2. The molecular weight excluding hydrogens is 369 g/mol. The lowest BCUT2D eigenvalue weighted by molar-refractivity contribution is 0.0325. The highest BCUT2D eigenvalue weighted by molar-refractivity contribution is 5.73. The van der Waals surface area contributed by atoms with Crippen LogP contribution in [0.2, 0.25) is 0 Å². The Bertz CT molecular complexity index is 749. The molecule has 0 spiro atoms. The minimum absolute atomic E-state index is 0.128. The van der Waals surface area contributed by atoms with E-state index in [4.69, 9.17) is 14.2 Å². The SMILES string of the molecule is CCCc1cc(N(C)C)ccc1-c1ccc(OCCOCCOCCF)cc1C. The van der Waals surface area contributed by atoms with Gasteiger partial charge in [-0.25, -0.2) is 4.39 Å². The lowest BCUT2D eigenvalue weighted by atomic mass is 9.93. The second-order valence-electron chi connectivity index (χ2n) is 7.22. The van der Waals surface area contributed by atoms with Crippen molar-refractivity contribution in [2.75, 3.05) is 58.7 Å². The van der Waals surface area contributed by atoms with E-state index in [1.807, 2.05) is 6.07 Å². The molecule has 0 saturated carbocycles. The molecule has 2 aromatic rings. The van der Waals surface area contributed by atoms with Gasteiger partial charge in [-0.15, -0.1) is 0 Å². The predicted molar refractivity (Wildman–Crippen MR) is 118 cm³/mol. The first kappa shape index (κ1) is 23.2. The lowest BCUT2D eigenvalue weighted by Crippen LogP contribution is -2.11. The standard InChI is InChI=1S/C24H34FNO3/c1-5-6-20-18-21(26(3)4)7-9-24(20)23-10-8-22(17-19(23)2)29-16-15-28-14-13-27-12-11-25/h7-10,17-18H,5-6,11-16H2,1-4H3. The molecule has 0 atom stereocenters. The summed E-state index contributed by atoms with van der Waals surface area (Å²) >= 11 is 0. The van der Waals surface area contributed by atoms with Gasteiger partial charge >= 0.3 is 0 Å². The quantitative estimate of drug-likeness (QED) is 0.437. The highest BCUT2D eigenvalue weighted by Gasteiger charge is 2.10. The van der Waals surface area contributed by atoms with E-state index in [1.165, 1.54) is 27.9 Å². The molecule has 5 heteroatoms. The third-order valence-corrected chi connectivity index (χ3v) is 4.70. The average Bonchev–Trinajstić information content (AvgIpc) is 2.70. The summed E-state index contributed by atoms with van der Waals surface area (Å²) in [5, 5.41) is 0. The van der Waals surface area contributed by atoms with Crippen molar-refractivity contribution in [3.8, 4) is 16.9 Å². The van der Waals surface area contributed by atoms with Gasteiger partial charge in [-0.2, -0.15) is 0 Å². The molecule has 4 nitrogen and oxygen atoms in total. The molecule has 0 N–H and O–H groups in total. The zero-order chi connectivity index (χ0) is 21.1. The van der Waals surface area contributed by atoms with Crippen molar-refractivity contribution in [1.29, 1.82) is 0 Å². The molecule has 0 aromatic heterocycles. The maximum atomic E-state index is 11.9. The molecule has 0 amide bonds. The number of alkyl halides is 1. The summed E-state index contributed by atoms with van der Waals surface area (Å²) in [4.78, 5) is 2.14. The first-order chi connectivity index (χ1) is 14.1. The van der Waals surface area contributed by atoms with Gasteiger partial charge in [0.2, 0.25) is 0 Å². The van der Waals surface area contributed by atoms with E-state index >= 15 is 0 Å². The van der Waals surface area contributed by atoms with Crippen molar-refractivity contribution in [3.63, 3.8) is 0 Å². The van der Waals surface area contributed by atoms with Crippen molar-refractivity contribution in [1.82, 2.24) is 0 Å². The molecule has 0 aliphatic carbocycles. The predicted octanol–water partition coefficient (Wildman–Crippen LogP) is 5.06. The van der Waals surface area contributed by atoms with E-state index < -0.39 is 6.67 Å². The third kappa shape index (κ3) is 7.33. The summed E-state index contributed by atoms with van der Waals surface area (Å²) in [5.41, 5.74) is 6.33. The molecule has 0 unspecified atom stereocenters. The lowest BCUT2D eigenvalue weighted by Gasteiger charge is -2.18. The Labute approximate surface area is 174 Å². The highest BCUT2D eigenvalue weighted by Crippen LogP contribution is 2.32. The number of hydrogen-bond acceptors (Lipinski definition) is 4. The smallest absolute Gasteiger partial charge is 0.119 e. The fourth-order valence-electron chi connectivity index (χ4n) is 3.22. The van der Waals surface area contributed by atoms with Crippen molar-refractivity contribution in [3.05, 3.63) is 47.5 Å². The molecule has 0 aliphatic heterocycles.